The smallest absolute Gasteiger partial charge is 0.252 e. The first-order valence-corrected chi connectivity index (χ1v) is 7.03. The number of aliphatic hydroxyl groups excluding tert-OH is 2. The summed E-state index contributed by atoms with van der Waals surface area (Å²) in [5, 5.41) is 25.8. The fraction of sp³-hybridized carbons (Fsp3) is 0.500. The average Bonchev–Trinajstić information content (AvgIpc) is 2.95. The number of nitroso groups, excluding NO2 is 1. The molecule has 3 N–H and O–H groups in total. The van der Waals surface area contributed by atoms with Crippen molar-refractivity contribution in [2.45, 2.75) is 36.6 Å². The molecule has 116 valence electrons. The number of nitrogens with one attached hydrogen (secondary N) is 1. The van der Waals surface area contributed by atoms with Crippen molar-refractivity contribution in [3.8, 4) is 11.5 Å². The van der Waals surface area contributed by atoms with Crippen LogP contribution >= 0.6 is 0 Å². The van der Waals surface area contributed by atoms with Crippen LogP contribution in [0.4, 0.5) is 0 Å². The number of carbonyl (C=O) groups is 1. The van der Waals surface area contributed by atoms with Gasteiger partial charge >= 0.3 is 0 Å². The lowest BCUT2D eigenvalue weighted by atomic mass is 9.71. The Morgan fingerprint density at radius 2 is 1.95 bits per heavy atom. The van der Waals surface area contributed by atoms with E-state index in [2.05, 4.69) is 10.5 Å². The van der Waals surface area contributed by atoms with Crippen LogP contribution < -0.4 is 14.8 Å². The Labute approximate surface area is 125 Å². The second-order valence-corrected chi connectivity index (χ2v) is 5.79. The summed E-state index contributed by atoms with van der Waals surface area (Å²) in [7, 11) is 0. The summed E-state index contributed by atoms with van der Waals surface area (Å²) < 4.78 is 10.6. The second-order valence-electron chi connectivity index (χ2n) is 5.79. The molecule has 5 atom stereocenters. The molecule has 0 saturated heterocycles. The Bertz CT molecular complexity index is 663. The first kappa shape index (κ1) is 13.5. The fourth-order valence-corrected chi connectivity index (χ4v) is 3.55. The van der Waals surface area contributed by atoms with Crippen LogP contribution in [-0.4, -0.2) is 47.2 Å². The van der Waals surface area contributed by atoms with Crippen LogP contribution in [0.5, 0.6) is 11.5 Å². The number of nitrogens with zero attached hydrogens (tertiary/aromatic N) is 1. The third-order valence-electron chi connectivity index (χ3n) is 4.65. The monoisotopic (exact) mass is 306 g/mol. The molecular weight excluding hydrogens is 292 g/mol. The first-order chi connectivity index (χ1) is 10.6. The number of rotatable bonds is 1. The summed E-state index contributed by atoms with van der Waals surface area (Å²) in [6.45, 7) is 0.0936. The van der Waals surface area contributed by atoms with Gasteiger partial charge in [-0.15, -0.1) is 0 Å². The van der Waals surface area contributed by atoms with Crippen LogP contribution in [0.1, 0.15) is 28.3 Å². The van der Waals surface area contributed by atoms with E-state index in [4.69, 9.17) is 9.47 Å². The Morgan fingerprint density at radius 1 is 1.23 bits per heavy atom. The van der Waals surface area contributed by atoms with Gasteiger partial charge in [-0.25, -0.2) is 0 Å². The molecule has 0 bridgehead atoms. The quantitative estimate of drug-likeness (QED) is 0.622. The number of fused-ring (bicyclic) bond motifs is 4. The molecule has 1 aromatic rings. The number of hydrogen-bond donors (Lipinski definition) is 3. The van der Waals surface area contributed by atoms with Gasteiger partial charge in [0.05, 0.1) is 12.1 Å². The largest absolute Gasteiger partial charge is 0.454 e. The number of hydrogen-bond acceptors (Lipinski definition) is 7. The zero-order chi connectivity index (χ0) is 15.4. The molecule has 2 heterocycles. The highest BCUT2D eigenvalue weighted by molar-refractivity contribution is 5.98. The topological polar surface area (TPSA) is 117 Å². The molecule has 0 radical (unpaired) electrons. The van der Waals surface area contributed by atoms with Crippen molar-refractivity contribution in [3.63, 3.8) is 0 Å². The Kier molecular flexibility index (Phi) is 2.85. The molecule has 5 unspecified atom stereocenters. The van der Waals surface area contributed by atoms with E-state index in [9.17, 15) is 19.9 Å². The molecule has 1 fully saturated rings. The van der Waals surface area contributed by atoms with Crippen molar-refractivity contribution in [1.29, 1.82) is 0 Å². The summed E-state index contributed by atoms with van der Waals surface area (Å²) >= 11 is 0. The van der Waals surface area contributed by atoms with E-state index in [1.165, 1.54) is 0 Å². The van der Waals surface area contributed by atoms with Crippen molar-refractivity contribution >= 4 is 5.91 Å². The van der Waals surface area contributed by atoms with Gasteiger partial charge in [0, 0.05) is 11.5 Å². The first-order valence-electron chi connectivity index (χ1n) is 7.03. The van der Waals surface area contributed by atoms with Gasteiger partial charge in [0.2, 0.25) is 6.79 Å². The predicted molar refractivity (Wildman–Crippen MR) is 72.8 cm³/mol. The molecule has 2 aliphatic heterocycles. The highest BCUT2D eigenvalue weighted by Crippen LogP contribution is 2.44. The van der Waals surface area contributed by atoms with Crippen LogP contribution in [0.2, 0.25) is 0 Å². The minimum absolute atomic E-state index is 0.0936. The molecule has 4 rings (SSSR count). The average molecular weight is 306 g/mol. The molecule has 0 spiro atoms. The van der Waals surface area contributed by atoms with Crippen molar-refractivity contribution < 1.29 is 24.5 Å². The summed E-state index contributed by atoms with van der Waals surface area (Å²) in [5.41, 5.74) is 1.11. The highest BCUT2D eigenvalue weighted by Gasteiger charge is 2.49. The Balaban J connectivity index is 1.80. The third kappa shape index (κ3) is 1.74. The van der Waals surface area contributed by atoms with Gasteiger partial charge in [-0.1, -0.05) is 5.18 Å². The molecular formula is C14H14N2O6. The number of amides is 1. The molecule has 22 heavy (non-hydrogen) atoms. The maximum atomic E-state index is 12.3. The maximum absolute atomic E-state index is 12.3. The number of benzene rings is 1. The summed E-state index contributed by atoms with van der Waals surface area (Å²) in [5.74, 6) is 0.364. The minimum Gasteiger partial charge on any atom is -0.454 e. The van der Waals surface area contributed by atoms with E-state index in [0.717, 1.165) is 0 Å². The van der Waals surface area contributed by atoms with Crippen molar-refractivity contribution in [1.82, 2.24) is 5.32 Å². The third-order valence-corrected chi connectivity index (χ3v) is 4.65. The van der Waals surface area contributed by atoms with E-state index < -0.39 is 24.3 Å². The van der Waals surface area contributed by atoms with Gasteiger partial charge in [-0.2, -0.15) is 4.91 Å². The fourth-order valence-electron chi connectivity index (χ4n) is 3.55. The maximum Gasteiger partial charge on any atom is 0.252 e. The summed E-state index contributed by atoms with van der Waals surface area (Å²) in [4.78, 5) is 23.1. The molecule has 8 heteroatoms. The van der Waals surface area contributed by atoms with Crippen molar-refractivity contribution in [3.05, 3.63) is 28.2 Å². The lowest BCUT2D eigenvalue weighted by molar-refractivity contribution is -0.0153. The van der Waals surface area contributed by atoms with E-state index in [1.54, 1.807) is 12.1 Å². The molecule has 1 aromatic carbocycles. The Hall–Kier alpha value is -2.19. The second kappa shape index (κ2) is 4.65. The van der Waals surface area contributed by atoms with Gasteiger partial charge in [0.25, 0.3) is 5.91 Å². The zero-order valence-corrected chi connectivity index (χ0v) is 11.4. The predicted octanol–water partition coefficient (Wildman–Crippen LogP) is -0.129. The van der Waals surface area contributed by atoms with Crippen LogP contribution in [0.3, 0.4) is 0 Å². The zero-order valence-electron chi connectivity index (χ0n) is 11.4. The number of ether oxygens (including phenoxy) is 2. The van der Waals surface area contributed by atoms with E-state index in [0.29, 0.717) is 22.6 Å². The number of carbonyl (C=O) groups excluding carboxylic acids is 1. The van der Waals surface area contributed by atoms with Gasteiger partial charge < -0.3 is 25.0 Å². The van der Waals surface area contributed by atoms with Crippen LogP contribution in [0.25, 0.3) is 0 Å². The lowest BCUT2D eigenvalue weighted by Crippen LogP contribution is -2.60. The standard InChI is InChI=1S/C14H14N2O6/c17-8-1-6-5-2-9-10(22-4-21-9)3-7(5)14(19)15-11(6)13(18)12(8)16-20/h2-3,6,8,11-13,17-18H,1,4H2,(H,15,19). The van der Waals surface area contributed by atoms with Crippen LogP contribution in [0.15, 0.2) is 17.3 Å². The van der Waals surface area contributed by atoms with E-state index in [-0.39, 0.29) is 25.0 Å². The molecule has 1 aliphatic carbocycles. The summed E-state index contributed by atoms with van der Waals surface area (Å²) in [6, 6.07) is 1.51. The van der Waals surface area contributed by atoms with Crippen LogP contribution in [-0.2, 0) is 0 Å². The van der Waals surface area contributed by atoms with Crippen molar-refractivity contribution in [2.24, 2.45) is 5.18 Å². The van der Waals surface area contributed by atoms with Gasteiger partial charge in [0.15, 0.2) is 11.5 Å². The highest BCUT2D eigenvalue weighted by atomic mass is 16.7. The molecule has 8 nitrogen and oxygen atoms in total. The Morgan fingerprint density at radius 3 is 2.68 bits per heavy atom. The van der Waals surface area contributed by atoms with Gasteiger partial charge in [-0.05, 0) is 24.1 Å². The summed E-state index contributed by atoms with van der Waals surface area (Å²) in [6.07, 6.45) is -2.05. The normalized spacial score (nSPS) is 35.4. The van der Waals surface area contributed by atoms with E-state index >= 15 is 0 Å². The van der Waals surface area contributed by atoms with Crippen molar-refractivity contribution in [2.75, 3.05) is 6.79 Å². The molecule has 1 amide bonds. The number of aliphatic hydroxyl groups is 2. The van der Waals surface area contributed by atoms with Gasteiger partial charge in [0.1, 0.15) is 12.1 Å². The molecule has 3 aliphatic rings. The van der Waals surface area contributed by atoms with Crippen LogP contribution in [0, 0.1) is 4.91 Å². The lowest BCUT2D eigenvalue weighted by Gasteiger charge is -2.43. The minimum atomic E-state index is -1.23. The molecule has 1 saturated carbocycles. The van der Waals surface area contributed by atoms with E-state index in [1.807, 2.05) is 0 Å². The van der Waals surface area contributed by atoms with Gasteiger partial charge in [-0.3, -0.25) is 4.79 Å². The SMILES string of the molecule is O=NC1C(O)CC2c3cc4c(cc3C(=O)NC2C1O)OCO4. The molecule has 0 aromatic heterocycles.